The third-order valence-electron chi connectivity index (χ3n) is 4.20. The van der Waals surface area contributed by atoms with Crippen LogP contribution >= 0.6 is 11.8 Å². The smallest absolute Gasteiger partial charge is 0.414 e. The number of hydrogen-bond acceptors (Lipinski definition) is 8. The number of halogens is 3. The van der Waals surface area contributed by atoms with Crippen LogP contribution in [0.15, 0.2) is 38.4 Å². The topological polar surface area (TPSA) is 98.2 Å². The molecule has 0 spiro atoms. The zero-order valence-electron chi connectivity index (χ0n) is 14.8. The summed E-state index contributed by atoms with van der Waals surface area (Å²) in [5, 5.41) is 11.9. The fraction of sp³-hybridized carbons (Fsp3) is 0.353. The highest BCUT2D eigenvalue weighted by atomic mass is 32.2. The zero-order valence-corrected chi connectivity index (χ0v) is 15.7. The van der Waals surface area contributed by atoms with Crippen LogP contribution in [0, 0.1) is 0 Å². The minimum absolute atomic E-state index is 0.0686. The van der Waals surface area contributed by atoms with Crippen LogP contribution in [0.2, 0.25) is 0 Å². The molecule has 0 saturated carbocycles. The number of amides is 1. The number of carbonyl (C=O) groups is 1. The summed E-state index contributed by atoms with van der Waals surface area (Å²) in [4.78, 5) is 17.5. The molecule has 8 nitrogen and oxygen atoms in total. The Bertz CT molecular complexity index is 1000. The maximum atomic E-state index is 12.6. The average Bonchev–Trinajstić information content (AvgIpc) is 3.42. The van der Waals surface area contributed by atoms with Crippen molar-refractivity contribution in [1.29, 1.82) is 0 Å². The lowest BCUT2D eigenvalue weighted by atomic mass is 10.1. The molecule has 1 aliphatic rings. The zero-order chi connectivity index (χ0) is 20.4. The molecular formula is C17H14F3N5O3S. The van der Waals surface area contributed by atoms with Crippen molar-refractivity contribution in [3.63, 3.8) is 0 Å². The van der Waals surface area contributed by atoms with Crippen molar-refractivity contribution in [1.82, 2.24) is 25.2 Å². The van der Waals surface area contributed by atoms with E-state index in [2.05, 4.69) is 20.3 Å². The summed E-state index contributed by atoms with van der Waals surface area (Å²) >= 11 is 1.18. The number of benzene rings is 1. The minimum atomic E-state index is -4.40. The molecule has 1 aromatic carbocycles. The second-order valence-electron chi connectivity index (χ2n) is 6.26. The van der Waals surface area contributed by atoms with Crippen LogP contribution in [-0.4, -0.2) is 37.7 Å². The van der Waals surface area contributed by atoms with Gasteiger partial charge in [0.15, 0.2) is 0 Å². The number of aromatic nitrogens is 4. The molecule has 1 fully saturated rings. The predicted octanol–water partition coefficient (Wildman–Crippen LogP) is 3.55. The Morgan fingerprint density at radius 2 is 1.93 bits per heavy atom. The van der Waals surface area contributed by atoms with E-state index in [0.717, 1.165) is 18.6 Å². The van der Waals surface area contributed by atoms with Crippen LogP contribution in [0.5, 0.6) is 0 Å². The highest BCUT2D eigenvalue weighted by Gasteiger charge is 2.30. The molecule has 0 bridgehead atoms. The van der Waals surface area contributed by atoms with Gasteiger partial charge in [0.25, 0.3) is 5.22 Å². The SMILES string of the molecule is O=C1CCCN1Cc1nnc(SCc2nc(-c3ccc(C(F)(F)F)cc3)no2)o1. The van der Waals surface area contributed by atoms with Crippen molar-refractivity contribution in [2.75, 3.05) is 6.54 Å². The van der Waals surface area contributed by atoms with Crippen molar-refractivity contribution < 1.29 is 26.9 Å². The molecule has 0 radical (unpaired) electrons. The van der Waals surface area contributed by atoms with Crippen molar-refractivity contribution in [3.8, 4) is 11.4 Å². The fourth-order valence-electron chi connectivity index (χ4n) is 2.76. The summed E-state index contributed by atoms with van der Waals surface area (Å²) in [5.74, 6) is 1.11. The molecule has 1 amide bonds. The largest absolute Gasteiger partial charge is 0.416 e. The van der Waals surface area contributed by atoms with Gasteiger partial charge in [-0.3, -0.25) is 4.79 Å². The highest BCUT2D eigenvalue weighted by Crippen LogP contribution is 2.30. The van der Waals surface area contributed by atoms with Gasteiger partial charge < -0.3 is 13.8 Å². The second-order valence-corrected chi connectivity index (χ2v) is 7.18. The van der Waals surface area contributed by atoms with Gasteiger partial charge in [-0.05, 0) is 18.6 Å². The Morgan fingerprint density at radius 3 is 2.62 bits per heavy atom. The summed E-state index contributed by atoms with van der Waals surface area (Å²) in [6, 6.07) is 4.50. The van der Waals surface area contributed by atoms with E-state index in [-0.39, 0.29) is 29.9 Å². The van der Waals surface area contributed by atoms with Gasteiger partial charge in [-0.15, -0.1) is 10.2 Å². The third kappa shape index (κ3) is 4.58. The van der Waals surface area contributed by atoms with E-state index in [1.165, 1.54) is 23.9 Å². The first-order chi connectivity index (χ1) is 13.9. The van der Waals surface area contributed by atoms with E-state index in [1.54, 1.807) is 4.90 Å². The molecule has 0 atom stereocenters. The maximum Gasteiger partial charge on any atom is 0.416 e. The molecule has 0 aliphatic carbocycles. The average molecular weight is 425 g/mol. The normalized spacial score (nSPS) is 14.7. The molecule has 2 aromatic heterocycles. The summed E-state index contributed by atoms with van der Waals surface area (Å²) < 4.78 is 48.5. The summed E-state index contributed by atoms with van der Waals surface area (Å²) in [6.07, 6.45) is -3.04. The first-order valence-corrected chi connectivity index (χ1v) is 9.60. The van der Waals surface area contributed by atoms with Crippen LogP contribution < -0.4 is 0 Å². The van der Waals surface area contributed by atoms with Crippen LogP contribution in [0.25, 0.3) is 11.4 Å². The Labute approximate surface area is 166 Å². The van der Waals surface area contributed by atoms with Crippen LogP contribution in [0.4, 0.5) is 13.2 Å². The van der Waals surface area contributed by atoms with Crippen LogP contribution in [0.1, 0.15) is 30.2 Å². The van der Waals surface area contributed by atoms with Crippen LogP contribution in [-0.2, 0) is 23.3 Å². The standard InChI is InChI=1S/C17H14F3N5O3S/c18-17(19,20)11-5-3-10(4-6-11)15-21-13(28-24-15)9-29-16-23-22-12(27-16)8-25-7-1-2-14(25)26/h3-6H,1-2,7-9H2. The van der Waals surface area contributed by atoms with E-state index >= 15 is 0 Å². The van der Waals surface area contributed by atoms with Gasteiger partial charge in [-0.1, -0.05) is 29.1 Å². The lowest BCUT2D eigenvalue weighted by Gasteiger charge is -2.11. The number of carbonyl (C=O) groups excluding carboxylic acids is 1. The van der Waals surface area contributed by atoms with Crippen molar-refractivity contribution in [3.05, 3.63) is 41.6 Å². The fourth-order valence-corrected chi connectivity index (χ4v) is 3.38. The van der Waals surface area contributed by atoms with E-state index in [1.807, 2.05) is 0 Å². The monoisotopic (exact) mass is 425 g/mol. The summed E-state index contributed by atoms with van der Waals surface area (Å²) in [7, 11) is 0. The van der Waals surface area contributed by atoms with Gasteiger partial charge >= 0.3 is 6.18 Å². The molecule has 1 saturated heterocycles. The number of rotatable bonds is 6. The highest BCUT2D eigenvalue weighted by molar-refractivity contribution is 7.98. The molecule has 3 heterocycles. The Hall–Kier alpha value is -2.89. The third-order valence-corrected chi connectivity index (χ3v) is 5.01. The van der Waals surface area contributed by atoms with Crippen LogP contribution in [0.3, 0.4) is 0 Å². The van der Waals surface area contributed by atoms with E-state index in [0.29, 0.717) is 29.6 Å². The second kappa shape index (κ2) is 7.85. The molecule has 3 aromatic rings. The van der Waals surface area contributed by atoms with E-state index < -0.39 is 11.7 Å². The number of thioether (sulfide) groups is 1. The number of hydrogen-bond donors (Lipinski definition) is 0. The summed E-state index contributed by atoms with van der Waals surface area (Å²) in [6.45, 7) is 0.962. The molecular weight excluding hydrogens is 411 g/mol. The Kier molecular flexibility index (Phi) is 5.26. The molecule has 0 unspecified atom stereocenters. The lowest BCUT2D eigenvalue weighted by Crippen LogP contribution is -2.23. The Balaban J connectivity index is 1.34. The maximum absolute atomic E-state index is 12.6. The quantitative estimate of drug-likeness (QED) is 0.553. The molecule has 4 rings (SSSR count). The number of nitrogens with zero attached hydrogens (tertiary/aromatic N) is 5. The van der Waals surface area contributed by atoms with Crippen molar-refractivity contribution in [2.24, 2.45) is 0 Å². The summed E-state index contributed by atoms with van der Waals surface area (Å²) in [5.41, 5.74) is -0.336. The van der Waals surface area contributed by atoms with Gasteiger partial charge in [0, 0.05) is 18.5 Å². The number of alkyl halides is 3. The van der Waals surface area contributed by atoms with E-state index in [9.17, 15) is 18.0 Å². The first kappa shape index (κ1) is 19.4. The number of likely N-dealkylation sites (tertiary alicyclic amines) is 1. The molecule has 1 aliphatic heterocycles. The first-order valence-electron chi connectivity index (χ1n) is 8.61. The Morgan fingerprint density at radius 1 is 1.14 bits per heavy atom. The van der Waals surface area contributed by atoms with E-state index in [4.69, 9.17) is 8.94 Å². The van der Waals surface area contributed by atoms with Gasteiger partial charge in [-0.2, -0.15) is 18.2 Å². The van der Waals surface area contributed by atoms with Gasteiger partial charge in [0.05, 0.1) is 17.9 Å². The molecule has 0 N–H and O–H groups in total. The predicted molar refractivity (Wildman–Crippen MR) is 93.2 cm³/mol. The molecule has 29 heavy (non-hydrogen) atoms. The van der Waals surface area contributed by atoms with Crippen molar-refractivity contribution >= 4 is 17.7 Å². The van der Waals surface area contributed by atoms with Crippen molar-refractivity contribution in [2.45, 2.75) is 36.5 Å². The lowest BCUT2D eigenvalue weighted by molar-refractivity contribution is -0.137. The molecule has 12 heteroatoms. The van der Waals surface area contributed by atoms with Gasteiger partial charge in [-0.25, -0.2) is 0 Å². The molecule has 152 valence electrons. The minimum Gasteiger partial charge on any atom is -0.414 e. The van der Waals surface area contributed by atoms with Gasteiger partial charge in [0.2, 0.25) is 23.5 Å². The van der Waals surface area contributed by atoms with Gasteiger partial charge in [0.1, 0.15) is 0 Å².